The highest BCUT2D eigenvalue weighted by Gasteiger charge is 2.35. The molecule has 0 radical (unpaired) electrons. The molecule has 12 nitrogen and oxygen atoms in total. The molecule has 0 amide bonds. The predicted octanol–water partition coefficient (Wildman–Crippen LogP) is 2.39. The third-order valence-electron chi connectivity index (χ3n) is 4.93. The number of para-hydroxylation sites is 1. The van der Waals surface area contributed by atoms with E-state index in [0.717, 1.165) is 0 Å². The van der Waals surface area contributed by atoms with Gasteiger partial charge in [0.15, 0.2) is 11.6 Å². The van der Waals surface area contributed by atoms with Crippen molar-refractivity contribution in [3.8, 4) is 17.2 Å². The van der Waals surface area contributed by atoms with E-state index >= 15 is 0 Å². The number of ether oxygens (including phenoxy) is 4. The Morgan fingerprint density at radius 3 is 2.21 bits per heavy atom. The largest absolute Gasteiger partial charge is 0.494 e. The smallest absolute Gasteiger partial charge is 0.243 e. The summed E-state index contributed by atoms with van der Waals surface area (Å²) in [6, 6.07) is 5.14. The number of methoxy groups -OCH3 is 4. The van der Waals surface area contributed by atoms with Crippen LogP contribution in [0.1, 0.15) is 24.7 Å². The summed E-state index contributed by atoms with van der Waals surface area (Å²) in [5, 5.41) is 7.33. The van der Waals surface area contributed by atoms with Crippen molar-refractivity contribution < 1.29 is 27.4 Å². The van der Waals surface area contributed by atoms with Crippen LogP contribution in [-0.2, 0) is 26.1 Å². The Kier molecular flexibility index (Phi) is 8.25. The van der Waals surface area contributed by atoms with Crippen LogP contribution in [0.15, 0.2) is 30.6 Å². The van der Waals surface area contributed by atoms with Crippen LogP contribution in [0.25, 0.3) is 5.69 Å². The summed E-state index contributed by atoms with van der Waals surface area (Å²) in [6.45, 7) is 1.51. The summed E-state index contributed by atoms with van der Waals surface area (Å²) in [5.74, 6) is 1.22. The normalized spacial score (nSPS) is 13.4. The van der Waals surface area contributed by atoms with Crippen molar-refractivity contribution in [2.24, 2.45) is 0 Å². The molecule has 3 aromatic rings. The minimum Gasteiger partial charge on any atom is -0.494 e. The first-order valence-electron chi connectivity index (χ1n) is 9.93. The lowest BCUT2D eigenvalue weighted by Crippen LogP contribution is -2.33. The van der Waals surface area contributed by atoms with Crippen molar-refractivity contribution in [2.75, 3.05) is 33.2 Å². The van der Waals surface area contributed by atoms with E-state index in [0.29, 0.717) is 28.0 Å². The molecule has 1 N–H and O–H groups in total. The summed E-state index contributed by atoms with van der Waals surface area (Å²) < 4.78 is 52.2. The number of nitrogens with zero attached hydrogens (tertiary/aromatic N) is 5. The Labute approximate surface area is 202 Å². The number of hydrogen-bond donors (Lipinski definition) is 1. The van der Waals surface area contributed by atoms with Gasteiger partial charge in [-0.25, -0.2) is 18.4 Å². The molecule has 0 saturated carbocycles. The van der Waals surface area contributed by atoms with Gasteiger partial charge in [0.25, 0.3) is 0 Å². The molecule has 0 unspecified atom stereocenters. The number of nitrogens with one attached hydrogen (secondary N) is 1. The van der Waals surface area contributed by atoms with Crippen LogP contribution in [0, 0.1) is 0 Å². The van der Waals surface area contributed by atoms with E-state index in [-0.39, 0.29) is 18.4 Å². The van der Waals surface area contributed by atoms with E-state index in [9.17, 15) is 8.42 Å². The average molecular weight is 513 g/mol. The third-order valence-corrected chi connectivity index (χ3v) is 6.82. The quantitative estimate of drug-likeness (QED) is 0.407. The Morgan fingerprint density at radius 1 is 1.06 bits per heavy atom. The van der Waals surface area contributed by atoms with E-state index in [1.165, 1.54) is 52.3 Å². The standard InChI is InChI=1S/C20H25ClN6O6S/c1-12(18(33-5)19-22-9-13(21)10-23-19)34(28,29)26-20-25-24-16(11-30-2)27(20)17-14(31-3)7-6-8-15(17)32-4/h6-10,12,18H,11H2,1-5H3,(H,25,26)/t12-,18-/m0/s1. The molecular weight excluding hydrogens is 488 g/mol. The number of benzene rings is 1. The summed E-state index contributed by atoms with van der Waals surface area (Å²) in [4.78, 5) is 8.17. The number of rotatable bonds is 11. The fourth-order valence-corrected chi connectivity index (χ4v) is 4.48. The molecule has 2 atom stereocenters. The minimum atomic E-state index is -4.09. The van der Waals surface area contributed by atoms with Crippen LogP contribution >= 0.6 is 11.6 Å². The highest BCUT2D eigenvalue weighted by Crippen LogP contribution is 2.36. The molecule has 2 heterocycles. The maximum Gasteiger partial charge on any atom is 0.243 e. The number of hydrogen-bond acceptors (Lipinski definition) is 10. The molecule has 0 spiro atoms. The molecule has 2 aromatic heterocycles. The lowest BCUT2D eigenvalue weighted by Gasteiger charge is -2.22. The molecule has 0 bridgehead atoms. The van der Waals surface area contributed by atoms with Crippen molar-refractivity contribution >= 4 is 27.6 Å². The van der Waals surface area contributed by atoms with Crippen LogP contribution in [-0.4, -0.2) is 66.8 Å². The second-order valence-corrected chi connectivity index (χ2v) is 9.46. The molecule has 1 aromatic carbocycles. The number of halogens is 1. The zero-order chi connectivity index (χ0) is 24.9. The summed E-state index contributed by atoms with van der Waals surface area (Å²) in [5.41, 5.74) is 0.402. The molecule has 0 aliphatic rings. The van der Waals surface area contributed by atoms with Gasteiger partial charge in [-0.1, -0.05) is 17.7 Å². The van der Waals surface area contributed by atoms with E-state index in [2.05, 4.69) is 24.9 Å². The maximum absolute atomic E-state index is 13.4. The van der Waals surface area contributed by atoms with E-state index in [4.69, 9.17) is 30.5 Å². The van der Waals surface area contributed by atoms with Gasteiger partial charge in [-0.2, -0.15) is 0 Å². The van der Waals surface area contributed by atoms with Gasteiger partial charge in [0.05, 0.1) is 19.2 Å². The summed E-state index contributed by atoms with van der Waals surface area (Å²) >= 11 is 5.84. The molecule has 184 valence electrons. The Morgan fingerprint density at radius 2 is 1.68 bits per heavy atom. The Hall–Kier alpha value is -3.00. The van der Waals surface area contributed by atoms with Crippen molar-refractivity contribution in [3.05, 3.63) is 47.3 Å². The van der Waals surface area contributed by atoms with E-state index in [1.807, 2.05) is 0 Å². The first kappa shape index (κ1) is 25.6. The van der Waals surface area contributed by atoms with Crippen molar-refractivity contribution in [2.45, 2.75) is 24.9 Å². The van der Waals surface area contributed by atoms with Gasteiger partial charge in [-0.15, -0.1) is 10.2 Å². The molecular formula is C20H25ClN6O6S. The minimum absolute atomic E-state index is 0.0464. The van der Waals surface area contributed by atoms with Gasteiger partial charge >= 0.3 is 0 Å². The molecule has 0 aliphatic heterocycles. The average Bonchev–Trinajstić information content (AvgIpc) is 3.21. The van der Waals surface area contributed by atoms with Crippen LogP contribution < -0.4 is 14.2 Å². The number of anilines is 1. The predicted molar refractivity (Wildman–Crippen MR) is 124 cm³/mol. The fraction of sp³-hybridized carbons (Fsp3) is 0.400. The topological polar surface area (TPSA) is 140 Å². The SMILES string of the molecule is COCc1nnc(NS(=O)(=O)[C@@H](C)[C@H](OC)c2ncc(Cl)cn2)n1-c1c(OC)cccc1OC. The lowest BCUT2D eigenvalue weighted by molar-refractivity contribution is 0.0950. The first-order valence-corrected chi connectivity index (χ1v) is 11.9. The van der Waals surface area contributed by atoms with Gasteiger partial charge in [-0.05, 0) is 19.1 Å². The van der Waals surface area contributed by atoms with Crippen LogP contribution in [0.2, 0.25) is 5.02 Å². The summed E-state index contributed by atoms with van der Waals surface area (Å²) in [6.07, 6.45) is 1.75. The van der Waals surface area contributed by atoms with E-state index in [1.54, 1.807) is 18.2 Å². The fourth-order valence-electron chi connectivity index (χ4n) is 3.25. The highest BCUT2D eigenvalue weighted by molar-refractivity contribution is 7.93. The van der Waals surface area contributed by atoms with Crippen molar-refractivity contribution in [1.82, 2.24) is 24.7 Å². The maximum atomic E-state index is 13.4. The second kappa shape index (κ2) is 11.0. The lowest BCUT2D eigenvalue weighted by atomic mass is 10.2. The monoisotopic (exact) mass is 512 g/mol. The van der Waals surface area contributed by atoms with Crippen molar-refractivity contribution in [1.29, 1.82) is 0 Å². The number of aromatic nitrogens is 5. The van der Waals surface area contributed by atoms with Gasteiger partial charge in [0.1, 0.15) is 35.1 Å². The van der Waals surface area contributed by atoms with Crippen LogP contribution in [0.5, 0.6) is 11.5 Å². The van der Waals surface area contributed by atoms with Crippen molar-refractivity contribution in [3.63, 3.8) is 0 Å². The zero-order valence-corrected chi connectivity index (χ0v) is 20.8. The van der Waals surface area contributed by atoms with Crippen LogP contribution in [0.3, 0.4) is 0 Å². The zero-order valence-electron chi connectivity index (χ0n) is 19.2. The van der Waals surface area contributed by atoms with Gasteiger partial charge in [0.2, 0.25) is 16.0 Å². The second-order valence-electron chi connectivity index (χ2n) is 6.99. The Balaban J connectivity index is 2.05. The first-order chi connectivity index (χ1) is 16.3. The molecule has 34 heavy (non-hydrogen) atoms. The molecule has 0 aliphatic carbocycles. The van der Waals surface area contributed by atoms with Gasteiger partial charge in [-0.3, -0.25) is 9.29 Å². The molecule has 0 fully saturated rings. The third kappa shape index (κ3) is 5.22. The molecule has 0 saturated heterocycles. The number of sulfonamides is 1. The Bertz CT molecular complexity index is 1200. The summed E-state index contributed by atoms with van der Waals surface area (Å²) in [7, 11) is 1.74. The van der Waals surface area contributed by atoms with Gasteiger partial charge in [0, 0.05) is 26.6 Å². The van der Waals surface area contributed by atoms with E-state index < -0.39 is 21.4 Å². The molecule has 3 rings (SSSR count). The molecule has 14 heteroatoms. The van der Waals surface area contributed by atoms with Gasteiger partial charge < -0.3 is 18.9 Å². The van der Waals surface area contributed by atoms with Crippen LogP contribution in [0.4, 0.5) is 5.95 Å². The highest BCUT2D eigenvalue weighted by atomic mass is 35.5.